The summed E-state index contributed by atoms with van der Waals surface area (Å²) in [6, 6.07) is 0. The summed E-state index contributed by atoms with van der Waals surface area (Å²) in [4.78, 5) is 10.3. The normalized spacial score (nSPS) is 12.0. The molecule has 1 aromatic rings. The summed E-state index contributed by atoms with van der Waals surface area (Å²) < 4.78 is 0. The molecule has 0 aliphatic rings. The first kappa shape index (κ1) is 15.0. The summed E-state index contributed by atoms with van der Waals surface area (Å²) in [7, 11) is 0. The minimum Gasteiger partial charge on any atom is -0.357 e. The van der Waals surface area contributed by atoms with Crippen molar-refractivity contribution in [2.24, 2.45) is 10.9 Å². The molecule has 0 unspecified atom stereocenters. The van der Waals surface area contributed by atoms with Crippen molar-refractivity contribution in [2.45, 2.75) is 41.2 Å². The molecule has 0 amide bonds. The number of hydrogen-bond acceptors (Lipinski definition) is 3. The van der Waals surface area contributed by atoms with E-state index in [2.05, 4.69) is 48.3 Å². The van der Waals surface area contributed by atoms with Gasteiger partial charge in [0.25, 0.3) is 0 Å². The lowest BCUT2D eigenvalue weighted by Crippen LogP contribution is -2.39. The monoisotopic (exact) mass is 268 g/mol. The average Bonchev–Trinajstić information content (AvgIpc) is 2.62. The number of hydrogen-bond donors (Lipinski definition) is 2. The molecule has 18 heavy (non-hydrogen) atoms. The topological polar surface area (TPSA) is 49.3 Å². The lowest BCUT2D eigenvalue weighted by atomic mass is 10.2. The zero-order valence-electron chi connectivity index (χ0n) is 12.0. The lowest BCUT2D eigenvalue weighted by Gasteiger charge is -2.12. The number of rotatable bonds is 5. The number of nitrogens with one attached hydrogen (secondary N) is 2. The summed E-state index contributed by atoms with van der Waals surface area (Å²) in [5.74, 6) is 1.48. The highest BCUT2D eigenvalue weighted by molar-refractivity contribution is 7.11. The van der Waals surface area contributed by atoms with Gasteiger partial charge in [-0.05, 0) is 26.7 Å². The van der Waals surface area contributed by atoms with Crippen LogP contribution in [0.25, 0.3) is 0 Å². The Morgan fingerprint density at radius 1 is 1.33 bits per heavy atom. The number of aromatic nitrogens is 1. The molecule has 0 aromatic carbocycles. The molecule has 0 aliphatic carbocycles. The van der Waals surface area contributed by atoms with Crippen molar-refractivity contribution in [2.75, 3.05) is 13.1 Å². The summed E-state index contributed by atoms with van der Waals surface area (Å²) >= 11 is 1.73. The predicted molar refractivity (Wildman–Crippen MR) is 79.2 cm³/mol. The van der Waals surface area contributed by atoms with Crippen LogP contribution in [0.5, 0.6) is 0 Å². The van der Waals surface area contributed by atoms with E-state index in [1.807, 2.05) is 6.92 Å². The Balaban J connectivity index is 2.58. The molecule has 5 heteroatoms. The van der Waals surface area contributed by atoms with E-state index >= 15 is 0 Å². The van der Waals surface area contributed by atoms with Gasteiger partial charge in [-0.3, -0.25) is 0 Å². The molecule has 0 bridgehead atoms. The highest BCUT2D eigenvalue weighted by Crippen LogP contribution is 2.16. The van der Waals surface area contributed by atoms with Crippen LogP contribution in [0.2, 0.25) is 0 Å². The Kier molecular flexibility index (Phi) is 6.12. The first-order valence-corrected chi connectivity index (χ1v) is 7.29. The van der Waals surface area contributed by atoms with Crippen molar-refractivity contribution in [3.05, 3.63) is 15.6 Å². The van der Waals surface area contributed by atoms with Gasteiger partial charge in [0.15, 0.2) is 5.96 Å². The molecular formula is C13H24N4S. The van der Waals surface area contributed by atoms with Gasteiger partial charge in [0.05, 0.1) is 12.2 Å². The molecule has 2 N–H and O–H groups in total. The molecule has 0 aliphatic heterocycles. The van der Waals surface area contributed by atoms with Gasteiger partial charge in [-0.2, -0.15) is 0 Å². The van der Waals surface area contributed by atoms with Crippen LogP contribution >= 0.6 is 11.3 Å². The summed E-state index contributed by atoms with van der Waals surface area (Å²) in [5.41, 5.74) is 1.12. The maximum atomic E-state index is 4.55. The third kappa shape index (κ3) is 5.04. The van der Waals surface area contributed by atoms with Crippen LogP contribution in [0.15, 0.2) is 4.99 Å². The Bertz CT molecular complexity index is 376. The van der Waals surface area contributed by atoms with Crippen molar-refractivity contribution in [3.63, 3.8) is 0 Å². The van der Waals surface area contributed by atoms with E-state index in [0.717, 1.165) is 29.8 Å². The third-order valence-electron chi connectivity index (χ3n) is 2.47. The number of thiazole rings is 1. The van der Waals surface area contributed by atoms with Crippen LogP contribution in [0, 0.1) is 19.8 Å². The standard InChI is InChI=1S/C13H24N4S/c1-6-14-13(15-7-9(2)3)16-8-12-17-10(4)11(5)18-12/h9H,6-8H2,1-5H3,(H2,14,15,16). The number of aryl methyl sites for hydroxylation is 2. The van der Waals surface area contributed by atoms with Crippen LogP contribution in [0.4, 0.5) is 0 Å². The molecule has 1 rings (SSSR count). The molecule has 0 atom stereocenters. The van der Waals surface area contributed by atoms with Gasteiger partial charge in [0, 0.05) is 18.0 Å². The van der Waals surface area contributed by atoms with Gasteiger partial charge < -0.3 is 10.6 Å². The largest absolute Gasteiger partial charge is 0.357 e. The predicted octanol–water partition coefficient (Wildman–Crippen LogP) is 2.47. The lowest BCUT2D eigenvalue weighted by molar-refractivity contribution is 0.615. The maximum absolute atomic E-state index is 4.55. The average molecular weight is 268 g/mol. The minimum absolute atomic E-state index is 0.609. The first-order valence-electron chi connectivity index (χ1n) is 6.48. The number of nitrogens with zero attached hydrogens (tertiary/aromatic N) is 2. The van der Waals surface area contributed by atoms with E-state index in [1.165, 1.54) is 4.88 Å². The van der Waals surface area contributed by atoms with Crippen LogP contribution in [0.1, 0.15) is 36.3 Å². The Labute approximate surface area is 114 Å². The van der Waals surface area contributed by atoms with Crippen molar-refractivity contribution in [1.82, 2.24) is 15.6 Å². The van der Waals surface area contributed by atoms with E-state index in [4.69, 9.17) is 0 Å². The van der Waals surface area contributed by atoms with E-state index < -0.39 is 0 Å². The summed E-state index contributed by atoms with van der Waals surface area (Å²) in [6.07, 6.45) is 0. The molecule has 0 saturated heterocycles. The number of aliphatic imine (C=N–C) groups is 1. The Morgan fingerprint density at radius 2 is 2.06 bits per heavy atom. The van der Waals surface area contributed by atoms with Crippen LogP contribution in [-0.4, -0.2) is 24.0 Å². The van der Waals surface area contributed by atoms with Crippen molar-refractivity contribution < 1.29 is 0 Å². The van der Waals surface area contributed by atoms with E-state index in [0.29, 0.717) is 12.5 Å². The smallest absolute Gasteiger partial charge is 0.191 e. The molecule has 0 spiro atoms. The van der Waals surface area contributed by atoms with Gasteiger partial charge in [-0.25, -0.2) is 9.98 Å². The first-order chi connectivity index (χ1) is 8.52. The molecule has 1 heterocycles. The fourth-order valence-corrected chi connectivity index (χ4v) is 2.25. The molecule has 0 fully saturated rings. The molecular weight excluding hydrogens is 244 g/mol. The number of guanidine groups is 1. The molecule has 1 aromatic heterocycles. The SMILES string of the molecule is CCNC(=NCc1nc(C)c(C)s1)NCC(C)C. The zero-order chi connectivity index (χ0) is 13.5. The Hall–Kier alpha value is -1.10. The zero-order valence-corrected chi connectivity index (χ0v) is 12.8. The van der Waals surface area contributed by atoms with E-state index in [-0.39, 0.29) is 0 Å². The van der Waals surface area contributed by atoms with Crippen molar-refractivity contribution in [3.8, 4) is 0 Å². The second kappa shape index (κ2) is 7.36. The second-order valence-corrected chi connectivity index (χ2v) is 6.01. The molecule has 102 valence electrons. The van der Waals surface area contributed by atoms with E-state index in [1.54, 1.807) is 11.3 Å². The fraction of sp³-hybridized carbons (Fsp3) is 0.692. The van der Waals surface area contributed by atoms with Crippen LogP contribution in [-0.2, 0) is 6.54 Å². The minimum atomic E-state index is 0.609. The highest BCUT2D eigenvalue weighted by Gasteiger charge is 2.04. The summed E-state index contributed by atoms with van der Waals surface area (Å²) in [5, 5.41) is 7.65. The second-order valence-electron chi connectivity index (χ2n) is 4.72. The molecule has 0 radical (unpaired) electrons. The fourth-order valence-electron chi connectivity index (χ4n) is 1.40. The maximum Gasteiger partial charge on any atom is 0.191 e. The van der Waals surface area contributed by atoms with Gasteiger partial charge in [0.1, 0.15) is 5.01 Å². The van der Waals surface area contributed by atoms with Crippen LogP contribution < -0.4 is 10.6 Å². The van der Waals surface area contributed by atoms with Crippen LogP contribution in [0.3, 0.4) is 0 Å². The summed E-state index contributed by atoms with van der Waals surface area (Å²) in [6.45, 7) is 13.0. The van der Waals surface area contributed by atoms with Crippen molar-refractivity contribution >= 4 is 17.3 Å². The quantitative estimate of drug-likeness (QED) is 0.637. The Morgan fingerprint density at radius 3 is 2.56 bits per heavy atom. The van der Waals surface area contributed by atoms with Gasteiger partial charge in [-0.15, -0.1) is 11.3 Å². The molecule has 4 nitrogen and oxygen atoms in total. The van der Waals surface area contributed by atoms with Gasteiger partial charge in [-0.1, -0.05) is 13.8 Å². The highest BCUT2D eigenvalue weighted by atomic mass is 32.1. The third-order valence-corrected chi connectivity index (χ3v) is 3.52. The van der Waals surface area contributed by atoms with Gasteiger partial charge >= 0.3 is 0 Å². The molecule has 0 saturated carbocycles. The van der Waals surface area contributed by atoms with E-state index in [9.17, 15) is 0 Å². The van der Waals surface area contributed by atoms with Gasteiger partial charge in [0.2, 0.25) is 0 Å². The van der Waals surface area contributed by atoms with Crippen molar-refractivity contribution in [1.29, 1.82) is 0 Å².